The molecule has 1 aromatic carbocycles. The average molecular weight is 301 g/mol. The molecule has 1 unspecified atom stereocenters. The molecule has 0 bridgehead atoms. The number of rotatable bonds is 5. The molecule has 1 amide bonds. The van der Waals surface area contributed by atoms with Gasteiger partial charge in [-0.1, -0.05) is 32.9 Å². The van der Waals surface area contributed by atoms with Crippen LogP contribution < -0.4 is 5.32 Å². The van der Waals surface area contributed by atoms with E-state index in [0.29, 0.717) is 18.5 Å². The van der Waals surface area contributed by atoms with Crippen molar-refractivity contribution in [2.24, 2.45) is 0 Å². The van der Waals surface area contributed by atoms with Gasteiger partial charge in [0.2, 0.25) is 0 Å². The number of aliphatic hydroxyl groups excluding tert-OH is 1. The van der Waals surface area contributed by atoms with Crippen molar-refractivity contribution < 1.29 is 14.3 Å². The summed E-state index contributed by atoms with van der Waals surface area (Å²) in [5, 5.41) is 12.7. The number of amides is 1. The highest BCUT2D eigenvalue weighted by Crippen LogP contribution is 2.22. The van der Waals surface area contributed by atoms with Gasteiger partial charge in [0.1, 0.15) is 0 Å². The van der Waals surface area contributed by atoms with Crippen molar-refractivity contribution in [1.82, 2.24) is 5.32 Å². The minimum absolute atomic E-state index is 0.0731. The van der Waals surface area contributed by atoms with Gasteiger partial charge in [0.15, 0.2) is 0 Å². The number of carbonyl (C=O) groups is 1. The Morgan fingerprint density at radius 1 is 1.23 bits per heavy atom. The molecule has 118 valence electrons. The molecule has 0 aliphatic rings. The van der Waals surface area contributed by atoms with Crippen molar-refractivity contribution >= 4 is 5.91 Å². The first kappa shape index (κ1) is 16.3. The van der Waals surface area contributed by atoms with Gasteiger partial charge in [0, 0.05) is 17.7 Å². The van der Waals surface area contributed by atoms with Crippen LogP contribution in [0.2, 0.25) is 0 Å². The summed E-state index contributed by atoms with van der Waals surface area (Å²) >= 11 is 0. The van der Waals surface area contributed by atoms with Gasteiger partial charge in [-0.2, -0.15) is 0 Å². The normalized spacial score (nSPS) is 12.9. The van der Waals surface area contributed by atoms with Crippen LogP contribution in [0.3, 0.4) is 0 Å². The molecule has 0 spiro atoms. The Labute approximate surface area is 131 Å². The number of carbonyl (C=O) groups excluding carboxylic acids is 1. The van der Waals surface area contributed by atoms with Crippen LogP contribution in [0.15, 0.2) is 47.3 Å². The van der Waals surface area contributed by atoms with Gasteiger partial charge in [-0.25, -0.2) is 0 Å². The highest BCUT2D eigenvalue weighted by Gasteiger charge is 2.14. The maximum Gasteiger partial charge on any atom is 0.251 e. The van der Waals surface area contributed by atoms with Crippen molar-refractivity contribution in [1.29, 1.82) is 0 Å². The van der Waals surface area contributed by atoms with E-state index in [0.717, 1.165) is 5.56 Å². The second-order valence-corrected chi connectivity index (χ2v) is 6.44. The third-order valence-corrected chi connectivity index (χ3v) is 3.64. The van der Waals surface area contributed by atoms with Crippen LogP contribution >= 0.6 is 0 Å². The Bertz CT molecular complexity index is 594. The molecule has 1 heterocycles. The van der Waals surface area contributed by atoms with Crippen LogP contribution in [0.4, 0.5) is 0 Å². The smallest absolute Gasteiger partial charge is 0.251 e. The maximum atomic E-state index is 12.1. The Balaban J connectivity index is 1.85. The minimum atomic E-state index is -0.623. The number of aliphatic hydroxyl groups is 1. The SMILES string of the molecule is CC(C)(C)c1ccc(C(=O)NCCC(O)c2ccoc2)cc1. The number of nitrogens with one attached hydrogen (secondary N) is 1. The average Bonchev–Trinajstić information content (AvgIpc) is 3.00. The van der Waals surface area contributed by atoms with Gasteiger partial charge < -0.3 is 14.8 Å². The Morgan fingerprint density at radius 3 is 2.45 bits per heavy atom. The predicted octanol–water partition coefficient (Wildman–Crippen LogP) is 3.43. The van der Waals surface area contributed by atoms with Crippen molar-refractivity contribution in [2.45, 2.75) is 38.7 Å². The zero-order chi connectivity index (χ0) is 16.2. The number of benzene rings is 1. The van der Waals surface area contributed by atoms with Crippen LogP contribution in [-0.4, -0.2) is 17.6 Å². The standard InChI is InChI=1S/C18H23NO3/c1-18(2,3)15-6-4-13(5-7-15)17(21)19-10-8-16(20)14-9-11-22-12-14/h4-7,9,11-12,16,20H,8,10H2,1-3H3,(H,19,21). The largest absolute Gasteiger partial charge is 0.472 e. The van der Waals surface area contributed by atoms with E-state index in [9.17, 15) is 9.90 Å². The van der Waals surface area contributed by atoms with Crippen molar-refractivity contribution in [3.8, 4) is 0 Å². The lowest BCUT2D eigenvalue weighted by Crippen LogP contribution is -2.25. The topological polar surface area (TPSA) is 62.5 Å². The van der Waals surface area contributed by atoms with Crippen LogP contribution in [0.5, 0.6) is 0 Å². The first-order valence-electron chi connectivity index (χ1n) is 7.47. The zero-order valence-electron chi connectivity index (χ0n) is 13.3. The fourth-order valence-corrected chi connectivity index (χ4v) is 2.18. The molecule has 1 aromatic heterocycles. The molecular weight excluding hydrogens is 278 g/mol. The van der Waals surface area contributed by atoms with Crippen LogP contribution in [-0.2, 0) is 5.41 Å². The Morgan fingerprint density at radius 2 is 1.91 bits per heavy atom. The van der Waals surface area contributed by atoms with E-state index >= 15 is 0 Å². The van der Waals surface area contributed by atoms with Crippen LogP contribution in [0.1, 0.15) is 54.8 Å². The van der Waals surface area contributed by atoms with Gasteiger partial charge in [-0.15, -0.1) is 0 Å². The van der Waals surface area contributed by atoms with Crippen molar-refractivity contribution in [2.75, 3.05) is 6.54 Å². The lowest BCUT2D eigenvalue weighted by Gasteiger charge is -2.19. The minimum Gasteiger partial charge on any atom is -0.472 e. The van der Waals surface area contributed by atoms with E-state index in [4.69, 9.17) is 4.42 Å². The molecule has 22 heavy (non-hydrogen) atoms. The molecule has 0 saturated carbocycles. The third-order valence-electron chi connectivity index (χ3n) is 3.64. The third kappa shape index (κ3) is 4.21. The molecule has 2 aromatic rings. The van der Waals surface area contributed by atoms with Crippen LogP contribution in [0, 0.1) is 0 Å². The molecule has 0 fully saturated rings. The van der Waals surface area contributed by atoms with Gasteiger partial charge in [0.05, 0.1) is 18.6 Å². The highest BCUT2D eigenvalue weighted by atomic mass is 16.3. The molecule has 0 saturated heterocycles. The predicted molar refractivity (Wildman–Crippen MR) is 85.8 cm³/mol. The molecule has 4 heteroatoms. The van der Waals surface area contributed by atoms with E-state index in [2.05, 4.69) is 26.1 Å². The quantitative estimate of drug-likeness (QED) is 0.889. The summed E-state index contributed by atoms with van der Waals surface area (Å²) in [5.74, 6) is -0.125. The first-order valence-corrected chi connectivity index (χ1v) is 7.47. The summed E-state index contributed by atoms with van der Waals surface area (Å²) in [6.45, 7) is 6.82. The summed E-state index contributed by atoms with van der Waals surface area (Å²) in [6.07, 6.45) is 2.86. The second kappa shape index (κ2) is 6.79. The lowest BCUT2D eigenvalue weighted by molar-refractivity contribution is 0.0942. The summed E-state index contributed by atoms with van der Waals surface area (Å²) < 4.78 is 4.92. The summed E-state index contributed by atoms with van der Waals surface area (Å²) in [5.41, 5.74) is 2.62. The molecule has 2 rings (SSSR count). The van der Waals surface area contributed by atoms with E-state index in [-0.39, 0.29) is 11.3 Å². The fraction of sp³-hybridized carbons (Fsp3) is 0.389. The monoisotopic (exact) mass is 301 g/mol. The fourth-order valence-electron chi connectivity index (χ4n) is 2.18. The highest BCUT2D eigenvalue weighted by molar-refractivity contribution is 5.94. The summed E-state index contributed by atoms with van der Waals surface area (Å²) in [6, 6.07) is 9.35. The first-order chi connectivity index (χ1) is 10.4. The van der Waals surface area contributed by atoms with Crippen molar-refractivity contribution in [3.05, 3.63) is 59.5 Å². The summed E-state index contributed by atoms with van der Waals surface area (Å²) in [4.78, 5) is 12.1. The molecule has 1 atom stereocenters. The van der Waals surface area contributed by atoms with Gasteiger partial charge >= 0.3 is 0 Å². The van der Waals surface area contributed by atoms with Gasteiger partial charge in [-0.3, -0.25) is 4.79 Å². The molecule has 2 N–H and O–H groups in total. The number of hydrogen-bond acceptors (Lipinski definition) is 3. The Kier molecular flexibility index (Phi) is 5.03. The molecular formula is C18H23NO3. The second-order valence-electron chi connectivity index (χ2n) is 6.44. The summed E-state index contributed by atoms with van der Waals surface area (Å²) in [7, 11) is 0. The number of hydrogen-bond donors (Lipinski definition) is 2. The molecule has 0 radical (unpaired) electrons. The molecule has 0 aliphatic heterocycles. The van der Waals surface area contributed by atoms with Crippen molar-refractivity contribution in [3.63, 3.8) is 0 Å². The van der Waals surface area contributed by atoms with Crippen LogP contribution in [0.25, 0.3) is 0 Å². The van der Waals surface area contributed by atoms with E-state index in [1.165, 1.54) is 18.1 Å². The number of furan rings is 1. The maximum absolute atomic E-state index is 12.1. The van der Waals surface area contributed by atoms with E-state index < -0.39 is 6.10 Å². The van der Waals surface area contributed by atoms with E-state index in [1.54, 1.807) is 6.07 Å². The van der Waals surface area contributed by atoms with E-state index in [1.807, 2.05) is 24.3 Å². The molecule has 0 aliphatic carbocycles. The molecule has 4 nitrogen and oxygen atoms in total. The Hall–Kier alpha value is -2.07. The zero-order valence-corrected chi connectivity index (χ0v) is 13.3. The lowest BCUT2D eigenvalue weighted by atomic mass is 9.87. The van der Waals surface area contributed by atoms with Gasteiger partial charge in [-0.05, 0) is 35.6 Å². The van der Waals surface area contributed by atoms with Gasteiger partial charge in [0.25, 0.3) is 5.91 Å².